The van der Waals surface area contributed by atoms with Gasteiger partial charge in [0, 0.05) is 20.1 Å². The highest BCUT2D eigenvalue weighted by molar-refractivity contribution is 9.10. The molecule has 0 saturated heterocycles. The molecule has 4 heteroatoms. The molecule has 1 aromatic heterocycles. The van der Waals surface area contributed by atoms with Gasteiger partial charge in [0.1, 0.15) is 5.82 Å². The third-order valence-electron chi connectivity index (χ3n) is 3.58. The summed E-state index contributed by atoms with van der Waals surface area (Å²) in [5.41, 5.74) is 0.731. The summed E-state index contributed by atoms with van der Waals surface area (Å²) in [5, 5.41) is 4.55. The summed E-state index contributed by atoms with van der Waals surface area (Å²) in [4.78, 5) is 1.24. The fourth-order valence-corrected chi connectivity index (χ4v) is 3.93. The number of benzene rings is 2. The Bertz CT molecular complexity index is 735. The maximum absolute atomic E-state index is 14.0. The minimum Gasteiger partial charge on any atom is -0.312 e. The summed E-state index contributed by atoms with van der Waals surface area (Å²) in [6.07, 6.45) is 0.641. The van der Waals surface area contributed by atoms with E-state index >= 15 is 0 Å². The second-order valence-electron chi connectivity index (χ2n) is 4.97. The zero-order valence-corrected chi connectivity index (χ0v) is 14.0. The van der Waals surface area contributed by atoms with E-state index in [1.165, 1.54) is 21.0 Å². The Morgan fingerprint density at radius 1 is 1.19 bits per heavy atom. The molecule has 3 rings (SSSR count). The maximum atomic E-state index is 14.0. The number of halogens is 2. The summed E-state index contributed by atoms with van der Waals surface area (Å²) in [5.74, 6) is -0.161. The van der Waals surface area contributed by atoms with Crippen molar-refractivity contribution >= 4 is 37.4 Å². The molecule has 0 bridgehead atoms. The van der Waals surface area contributed by atoms with Crippen molar-refractivity contribution in [1.29, 1.82) is 0 Å². The van der Waals surface area contributed by atoms with E-state index in [1.807, 2.05) is 31.3 Å². The van der Waals surface area contributed by atoms with Crippen LogP contribution in [0.3, 0.4) is 0 Å². The average molecular weight is 364 g/mol. The van der Waals surface area contributed by atoms with Crippen molar-refractivity contribution in [3.63, 3.8) is 0 Å². The van der Waals surface area contributed by atoms with Gasteiger partial charge >= 0.3 is 0 Å². The van der Waals surface area contributed by atoms with Crippen LogP contribution >= 0.6 is 27.3 Å². The average Bonchev–Trinajstić information content (AvgIpc) is 2.90. The van der Waals surface area contributed by atoms with E-state index in [0.29, 0.717) is 6.42 Å². The fourth-order valence-electron chi connectivity index (χ4n) is 2.43. The van der Waals surface area contributed by atoms with E-state index in [9.17, 15) is 4.39 Å². The van der Waals surface area contributed by atoms with Crippen molar-refractivity contribution in [3.05, 3.63) is 69.3 Å². The Labute approximate surface area is 135 Å². The van der Waals surface area contributed by atoms with E-state index in [0.717, 1.165) is 10.0 Å². The van der Waals surface area contributed by atoms with Crippen LogP contribution < -0.4 is 5.32 Å². The lowest BCUT2D eigenvalue weighted by molar-refractivity contribution is 0.559. The van der Waals surface area contributed by atoms with Crippen molar-refractivity contribution in [2.24, 2.45) is 0 Å². The predicted molar refractivity (Wildman–Crippen MR) is 91.4 cm³/mol. The molecule has 1 nitrogen and oxygen atoms in total. The summed E-state index contributed by atoms with van der Waals surface area (Å²) in [6, 6.07) is 15.9. The first kappa shape index (κ1) is 14.7. The van der Waals surface area contributed by atoms with Gasteiger partial charge in [-0.3, -0.25) is 0 Å². The highest BCUT2D eigenvalue weighted by Gasteiger charge is 2.15. The Hall–Kier alpha value is -1.23. The topological polar surface area (TPSA) is 12.0 Å². The van der Waals surface area contributed by atoms with Gasteiger partial charge in [0.05, 0.1) is 0 Å². The molecule has 0 radical (unpaired) electrons. The van der Waals surface area contributed by atoms with Crippen LogP contribution in [0.2, 0.25) is 0 Å². The lowest BCUT2D eigenvalue weighted by atomic mass is 10.0. The number of likely N-dealkylation sites (N-methyl/N-ethyl adjacent to an activating group) is 1. The van der Waals surface area contributed by atoms with Crippen molar-refractivity contribution in [2.45, 2.75) is 12.5 Å². The molecule has 1 heterocycles. The Balaban J connectivity index is 1.90. The van der Waals surface area contributed by atoms with Gasteiger partial charge < -0.3 is 5.32 Å². The van der Waals surface area contributed by atoms with E-state index in [1.54, 1.807) is 11.3 Å². The molecule has 0 aliphatic carbocycles. The summed E-state index contributed by atoms with van der Waals surface area (Å²) in [6.45, 7) is 0. The molecule has 2 aromatic carbocycles. The minimum absolute atomic E-state index is 0.123. The van der Waals surface area contributed by atoms with Gasteiger partial charge in [0.25, 0.3) is 0 Å². The van der Waals surface area contributed by atoms with Gasteiger partial charge in [-0.2, -0.15) is 0 Å². The molecule has 0 aliphatic rings. The number of hydrogen-bond donors (Lipinski definition) is 1. The van der Waals surface area contributed by atoms with Gasteiger partial charge in [-0.05, 0) is 48.7 Å². The molecule has 0 amide bonds. The Kier molecular flexibility index (Phi) is 4.38. The van der Waals surface area contributed by atoms with Gasteiger partial charge in [-0.1, -0.05) is 40.2 Å². The molecule has 1 atom stereocenters. The van der Waals surface area contributed by atoms with Crippen molar-refractivity contribution < 1.29 is 4.39 Å². The quantitative estimate of drug-likeness (QED) is 0.662. The second kappa shape index (κ2) is 6.26. The lowest BCUT2D eigenvalue weighted by Gasteiger charge is -2.15. The second-order valence-corrected chi connectivity index (χ2v) is 7.00. The molecular weight excluding hydrogens is 349 g/mol. The fraction of sp³-hybridized carbons (Fsp3) is 0.176. The van der Waals surface area contributed by atoms with Gasteiger partial charge in [0.2, 0.25) is 0 Å². The highest BCUT2D eigenvalue weighted by atomic mass is 79.9. The first-order valence-electron chi connectivity index (χ1n) is 6.77. The zero-order valence-electron chi connectivity index (χ0n) is 11.6. The first-order chi connectivity index (χ1) is 10.2. The van der Waals surface area contributed by atoms with Crippen molar-refractivity contribution in [2.75, 3.05) is 7.05 Å². The molecule has 21 heavy (non-hydrogen) atoms. The SMILES string of the molecule is CNC(Cc1ccc(Br)cc1F)c1cc2ccccc2s1. The first-order valence-corrected chi connectivity index (χ1v) is 8.38. The van der Waals surface area contributed by atoms with Crippen LogP contribution in [0.25, 0.3) is 10.1 Å². The number of hydrogen-bond acceptors (Lipinski definition) is 2. The summed E-state index contributed by atoms with van der Waals surface area (Å²) in [7, 11) is 1.92. The third-order valence-corrected chi connectivity index (χ3v) is 5.30. The van der Waals surface area contributed by atoms with E-state index in [2.05, 4.69) is 39.4 Å². The molecule has 1 N–H and O–H groups in total. The molecule has 0 fully saturated rings. The van der Waals surface area contributed by atoms with Crippen LogP contribution in [0.5, 0.6) is 0 Å². The van der Waals surface area contributed by atoms with Crippen LogP contribution in [0.1, 0.15) is 16.5 Å². The number of nitrogens with one attached hydrogen (secondary N) is 1. The van der Waals surface area contributed by atoms with Gasteiger partial charge in [0.15, 0.2) is 0 Å². The summed E-state index contributed by atoms with van der Waals surface area (Å²) >= 11 is 5.06. The zero-order chi connectivity index (χ0) is 14.8. The molecule has 3 aromatic rings. The van der Waals surface area contributed by atoms with Crippen LogP contribution in [0, 0.1) is 5.82 Å². The Morgan fingerprint density at radius 3 is 2.71 bits per heavy atom. The van der Waals surface area contributed by atoms with Gasteiger partial charge in [-0.25, -0.2) is 4.39 Å². The van der Waals surface area contributed by atoms with Crippen LogP contribution in [-0.4, -0.2) is 7.05 Å². The van der Waals surface area contributed by atoms with E-state index < -0.39 is 0 Å². The molecule has 0 aliphatic heterocycles. The minimum atomic E-state index is -0.161. The van der Waals surface area contributed by atoms with E-state index in [-0.39, 0.29) is 11.9 Å². The Morgan fingerprint density at radius 2 is 2.00 bits per heavy atom. The van der Waals surface area contributed by atoms with Crippen molar-refractivity contribution in [1.82, 2.24) is 5.32 Å². The van der Waals surface area contributed by atoms with Crippen LogP contribution in [0.15, 0.2) is 53.0 Å². The highest BCUT2D eigenvalue weighted by Crippen LogP contribution is 2.32. The predicted octanol–water partition coefficient (Wildman–Crippen LogP) is 5.31. The van der Waals surface area contributed by atoms with Crippen LogP contribution in [0.4, 0.5) is 4.39 Å². The number of thiophene rings is 1. The maximum Gasteiger partial charge on any atom is 0.127 e. The molecule has 0 saturated carbocycles. The number of fused-ring (bicyclic) bond motifs is 1. The monoisotopic (exact) mass is 363 g/mol. The molecule has 0 spiro atoms. The molecule has 1 unspecified atom stereocenters. The normalized spacial score (nSPS) is 12.7. The number of rotatable bonds is 4. The van der Waals surface area contributed by atoms with Crippen molar-refractivity contribution in [3.8, 4) is 0 Å². The van der Waals surface area contributed by atoms with Gasteiger partial charge in [-0.15, -0.1) is 11.3 Å². The summed E-state index contributed by atoms with van der Waals surface area (Å²) < 4.78 is 16.1. The molecule has 108 valence electrons. The smallest absolute Gasteiger partial charge is 0.127 e. The molecular formula is C17H15BrFNS. The largest absolute Gasteiger partial charge is 0.312 e. The van der Waals surface area contributed by atoms with E-state index in [4.69, 9.17) is 0 Å². The lowest BCUT2D eigenvalue weighted by Crippen LogP contribution is -2.18. The standard InChI is InChI=1S/C17H15BrFNS/c1-20-15(8-11-6-7-13(18)10-14(11)19)17-9-12-4-2-3-5-16(12)21-17/h2-7,9-10,15,20H,8H2,1H3. The van der Waals surface area contributed by atoms with Crippen LogP contribution in [-0.2, 0) is 6.42 Å². The third kappa shape index (κ3) is 3.18.